The number of fused-ring (bicyclic) bond motifs is 1. The number of carbonyl (C=O) groups excluding carboxylic acids is 1. The normalized spacial score (nSPS) is 15.8. The molecule has 0 atom stereocenters. The Bertz CT molecular complexity index is 569. The van der Waals surface area contributed by atoms with Crippen molar-refractivity contribution in [3.8, 4) is 0 Å². The topological polar surface area (TPSA) is 68.2 Å². The largest absolute Gasteiger partial charge is 0.330 e. The highest BCUT2D eigenvalue weighted by Gasteiger charge is 2.28. The van der Waals surface area contributed by atoms with Crippen molar-refractivity contribution in [2.75, 3.05) is 11.6 Å². The summed E-state index contributed by atoms with van der Waals surface area (Å²) in [7, 11) is -3.31. The van der Waals surface area contributed by atoms with Gasteiger partial charge in [0.05, 0.1) is 0 Å². The maximum Gasteiger partial charge on any atom is 0.227 e. The van der Waals surface area contributed by atoms with E-state index in [2.05, 4.69) is 5.32 Å². The molecule has 0 radical (unpaired) electrons. The van der Waals surface area contributed by atoms with E-state index in [1.165, 1.54) is 0 Å². The number of sulfone groups is 1. The van der Waals surface area contributed by atoms with Gasteiger partial charge in [0.25, 0.3) is 0 Å². The molecule has 1 aliphatic rings. The zero-order valence-corrected chi connectivity index (χ0v) is 10.3. The van der Waals surface area contributed by atoms with E-state index in [0.29, 0.717) is 18.8 Å². The summed E-state index contributed by atoms with van der Waals surface area (Å²) in [5, 5.41) is 2.64. The van der Waals surface area contributed by atoms with Gasteiger partial charge in [-0.15, -0.1) is 0 Å². The third-order valence-corrected chi connectivity index (χ3v) is 4.21. The average molecular weight is 242 g/mol. The maximum atomic E-state index is 11.7. The Balaban J connectivity index is 2.76. The van der Waals surface area contributed by atoms with Crippen LogP contribution in [0.25, 0.3) is 0 Å². The lowest BCUT2D eigenvalue weighted by Gasteiger charge is -2.18. The van der Waals surface area contributed by atoms with Gasteiger partial charge in [-0.25, -0.2) is 8.42 Å². The molecular formula is C10H14N2O3S. The third-order valence-electron chi connectivity index (χ3n) is 2.96. The van der Waals surface area contributed by atoms with Crippen molar-refractivity contribution in [2.24, 2.45) is 0 Å². The standard InChI is InChI=1S/C10H14N2O3S/c1-6-7(2)12-5-4-8(13)11-10(12)9(6)16(3,14)15/h4-5H2,1-3H3,(H,11,13). The second-order valence-electron chi connectivity index (χ2n) is 4.11. The zero-order chi connectivity index (χ0) is 12.1. The van der Waals surface area contributed by atoms with Crippen LogP contribution in [0.5, 0.6) is 0 Å². The van der Waals surface area contributed by atoms with E-state index in [1.807, 2.05) is 11.5 Å². The first-order valence-corrected chi connectivity index (χ1v) is 6.91. The van der Waals surface area contributed by atoms with Crippen molar-refractivity contribution in [2.45, 2.75) is 31.7 Å². The highest BCUT2D eigenvalue weighted by molar-refractivity contribution is 7.91. The summed E-state index contributed by atoms with van der Waals surface area (Å²) in [5.41, 5.74) is 1.62. The lowest BCUT2D eigenvalue weighted by atomic mass is 10.3. The SMILES string of the molecule is Cc1c(S(C)(=O)=O)c2n(c1C)CCC(=O)N2. The maximum absolute atomic E-state index is 11.7. The van der Waals surface area contributed by atoms with Crippen molar-refractivity contribution < 1.29 is 13.2 Å². The van der Waals surface area contributed by atoms with Crippen molar-refractivity contribution in [3.63, 3.8) is 0 Å². The molecular weight excluding hydrogens is 228 g/mol. The van der Waals surface area contributed by atoms with E-state index in [1.54, 1.807) is 6.92 Å². The highest BCUT2D eigenvalue weighted by atomic mass is 32.2. The fourth-order valence-electron chi connectivity index (χ4n) is 2.10. The number of hydrogen-bond donors (Lipinski definition) is 1. The van der Waals surface area contributed by atoms with Crippen LogP contribution in [0.2, 0.25) is 0 Å². The summed E-state index contributed by atoms with van der Waals surface area (Å²) in [6.07, 6.45) is 1.56. The molecule has 88 valence electrons. The van der Waals surface area contributed by atoms with Crippen molar-refractivity contribution in [1.29, 1.82) is 0 Å². The number of aromatic nitrogens is 1. The number of nitrogens with one attached hydrogen (secondary N) is 1. The van der Waals surface area contributed by atoms with Crippen LogP contribution in [0.1, 0.15) is 17.7 Å². The molecule has 2 rings (SSSR count). The Morgan fingerprint density at radius 3 is 2.50 bits per heavy atom. The molecule has 1 amide bonds. The average Bonchev–Trinajstić information content (AvgIpc) is 2.38. The molecule has 1 aromatic heterocycles. The summed E-state index contributed by atoms with van der Waals surface area (Å²) in [6.45, 7) is 4.18. The van der Waals surface area contributed by atoms with Crippen LogP contribution in [0.3, 0.4) is 0 Å². The quantitative estimate of drug-likeness (QED) is 0.793. The van der Waals surface area contributed by atoms with Gasteiger partial charge in [0.15, 0.2) is 9.84 Å². The number of amides is 1. The fraction of sp³-hybridized carbons (Fsp3) is 0.500. The smallest absolute Gasteiger partial charge is 0.227 e. The number of anilines is 1. The molecule has 16 heavy (non-hydrogen) atoms. The molecule has 0 fully saturated rings. The molecule has 1 N–H and O–H groups in total. The van der Waals surface area contributed by atoms with E-state index in [4.69, 9.17) is 0 Å². The van der Waals surface area contributed by atoms with Crippen LogP contribution >= 0.6 is 0 Å². The molecule has 1 aromatic rings. The minimum atomic E-state index is -3.31. The summed E-state index contributed by atoms with van der Waals surface area (Å²) in [4.78, 5) is 11.6. The van der Waals surface area contributed by atoms with Crippen LogP contribution in [-0.4, -0.2) is 25.1 Å². The Kier molecular flexibility index (Phi) is 2.34. The Morgan fingerprint density at radius 1 is 1.31 bits per heavy atom. The first-order chi connectivity index (χ1) is 7.32. The number of carbonyl (C=O) groups is 1. The Labute approximate surface area is 94.4 Å². The van der Waals surface area contributed by atoms with E-state index >= 15 is 0 Å². The molecule has 0 saturated carbocycles. The number of hydrogen-bond acceptors (Lipinski definition) is 3. The zero-order valence-electron chi connectivity index (χ0n) is 9.49. The molecule has 0 aromatic carbocycles. The first-order valence-electron chi connectivity index (χ1n) is 5.02. The lowest BCUT2D eigenvalue weighted by Crippen LogP contribution is -2.24. The van der Waals surface area contributed by atoms with Gasteiger partial charge in [0.1, 0.15) is 10.7 Å². The van der Waals surface area contributed by atoms with Gasteiger partial charge >= 0.3 is 0 Å². The van der Waals surface area contributed by atoms with Crippen molar-refractivity contribution >= 4 is 21.6 Å². The molecule has 0 unspecified atom stereocenters. The van der Waals surface area contributed by atoms with E-state index in [-0.39, 0.29) is 10.8 Å². The minimum absolute atomic E-state index is 0.130. The Morgan fingerprint density at radius 2 is 1.94 bits per heavy atom. The van der Waals surface area contributed by atoms with E-state index < -0.39 is 9.84 Å². The molecule has 1 aliphatic heterocycles. The van der Waals surface area contributed by atoms with Crippen LogP contribution < -0.4 is 5.32 Å². The van der Waals surface area contributed by atoms with Crippen LogP contribution in [0, 0.1) is 13.8 Å². The van der Waals surface area contributed by atoms with Crippen LogP contribution in [0.4, 0.5) is 5.82 Å². The van der Waals surface area contributed by atoms with Gasteiger partial charge < -0.3 is 9.88 Å². The van der Waals surface area contributed by atoms with Gasteiger partial charge in [0.2, 0.25) is 5.91 Å². The first kappa shape index (κ1) is 11.2. The van der Waals surface area contributed by atoms with E-state index in [9.17, 15) is 13.2 Å². The highest BCUT2D eigenvalue weighted by Crippen LogP contribution is 2.33. The van der Waals surface area contributed by atoms with Crippen molar-refractivity contribution in [3.05, 3.63) is 11.3 Å². The molecule has 2 heterocycles. The Hall–Kier alpha value is -1.30. The van der Waals surface area contributed by atoms with Gasteiger partial charge in [-0.2, -0.15) is 0 Å². The van der Waals surface area contributed by atoms with Crippen LogP contribution in [-0.2, 0) is 21.2 Å². The predicted molar refractivity (Wildman–Crippen MR) is 60.3 cm³/mol. The molecule has 6 heteroatoms. The van der Waals surface area contributed by atoms with Gasteiger partial charge in [-0.3, -0.25) is 4.79 Å². The summed E-state index contributed by atoms with van der Waals surface area (Å²) in [6, 6.07) is 0. The number of nitrogens with zero attached hydrogens (tertiary/aromatic N) is 1. The monoisotopic (exact) mass is 242 g/mol. The molecule has 0 saturated heterocycles. The summed E-state index contributed by atoms with van der Waals surface area (Å²) < 4.78 is 25.2. The second kappa shape index (κ2) is 3.35. The molecule has 0 spiro atoms. The van der Waals surface area contributed by atoms with Crippen molar-refractivity contribution in [1.82, 2.24) is 4.57 Å². The number of rotatable bonds is 1. The van der Waals surface area contributed by atoms with E-state index in [0.717, 1.165) is 17.5 Å². The molecule has 0 aliphatic carbocycles. The lowest BCUT2D eigenvalue weighted by molar-refractivity contribution is -0.116. The second-order valence-corrected chi connectivity index (χ2v) is 6.06. The van der Waals surface area contributed by atoms with Gasteiger partial charge in [-0.05, 0) is 19.4 Å². The molecule has 0 bridgehead atoms. The van der Waals surface area contributed by atoms with Gasteiger partial charge in [0, 0.05) is 24.9 Å². The fourth-order valence-corrected chi connectivity index (χ4v) is 3.32. The van der Waals surface area contributed by atoms with Gasteiger partial charge in [-0.1, -0.05) is 0 Å². The minimum Gasteiger partial charge on any atom is -0.330 e. The third kappa shape index (κ3) is 1.53. The summed E-state index contributed by atoms with van der Waals surface area (Å²) >= 11 is 0. The predicted octanol–water partition coefficient (Wildman–Crippen LogP) is 0.851. The molecule has 5 nitrogen and oxygen atoms in total. The van der Waals surface area contributed by atoms with Crippen LogP contribution in [0.15, 0.2) is 4.90 Å². The summed E-state index contributed by atoms with van der Waals surface area (Å²) in [5.74, 6) is 0.295.